The van der Waals surface area contributed by atoms with E-state index in [1.165, 1.54) is 60.3 Å². The molecular formula is C21H24FN5S. The SMILES string of the molecule is Cc1cc(/C=N\n2c(-c3cccc(F)c3)n[nH]c2=S)c(C)n1C1CCCCC1. The largest absolute Gasteiger partial charge is 0.345 e. The molecule has 3 aromatic rings. The van der Waals surface area contributed by atoms with Crippen LogP contribution in [0.2, 0.25) is 0 Å². The third kappa shape index (κ3) is 3.58. The second kappa shape index (κ2) is 7.83. The summed E-state index contributed by atoms with van der Waals surface area (Å²) in [6, 6.07) is 9.00. The normalized spacial score (nSPS) is 15.5. The Labute approximate surface area is 168 Å². The lowest BCUT2D eigenvalue weighted by Gasteiger charge is -2.26. The van der Waals surface area contributed by atoms with Gasteiger partial charge in [0, 0.05) is 28.6 Å². The number of benzene rings is 1. The molecule has 1 aliphatic carbocycles. The molecule has 28 heavy (non-hydrogen) atoms. The molecule has 2 heterocycles. The van der Waals surface area contributed by atoms with Gasteiger partial charge in [0.15, 0.2) is 5.82 Å². The zero-order chi connectivity index (χ0) is 19.7. The molecule has 0 spiro atoms. The second-order valence-electron chi connectivity index (χ2n) is 7.41. The molecule has 146 valence electrons. The molecule has 2 aromatic heterocycles. The molecule has 5 nitrogen and oxygen atoms in total. The van der Waals surface area contributed by atoms with Crippen molar-refractivity contribution in [2.24, 2.45) is 5.10 Å². The van der Waals surface area contributed by atoms with Gasteiger partial charge in [-0.15, -0.1) is 0 Å². The van der Waals surface area contributed by atoms with Crippen molar-refractivity contribution >= 4 is 18.4 Å². The first-order valence-corrected chi connectivity index (χ1v) is 10.1. The molecule has 0 unspecified atom stereocenters. The van der Waals surface area contributed by atoms with Crippen LogP contribution in [0.25, 0.3) is 11.4 Å². The fourth-order valence-corrected chi connectivity index (χ4v) is 4.35. The first-order chi connectivity index (χ1) is 13.5. The topological polar surface area (TPSA) is 50.9 Å². The Morgan fingerprint density at radius 1 is 1.21 bits per heavy atom. The average Bonchev–Trinajstić information content (AvgIpc) is 3.19. The molecule has 0 amide bonds. The fourth-order valence-electron chi connectivity index (χ4n) is 4.17. The highest BCUT2D eigenvalue weighted by Crippen LogP contribution is 2.31. The highest BCUT2D eigenvalue weighted by atomic mass is 32.1. The van der Waals surface area contributed by atoms with Gasteiger partial charge in [-0.2, -0.15) is 14.9 Å². The molecule has 0 bridgehead atoms. The van der Waals surface area contributed by atoms with Crippen molar-refractivity contribution in [3.05, 3.63) is 57.9 Å². The molecule has 1 aromatic carbocycles. The molecule has 0 radical (unpaired) electrons. The summed E-state index contributed by atoms with van der Waals surface area (Å²) >= 11 is 5.32. The molecule has 1 saturated carbocycles. The number of nitrogens with one attached hydrogen (secondary N) is 1. The quantitative estimate of drug-likeness (QED) is 0.463. The van der Waals surface area contributed by atoms with E-state index in [0.29, 0.717) is 22.2 Å². The number of hydrogen-bond acceptors (Lipinski definition) is 3. The van der Waals surface area contributed by atoms with E-state index < -0.39 is 0 Å². The molecular weight excluding hydrogens is 373 g/mol. The molecule has 4 rings (SSSR count). The number of aryl methyl sites for hydroxylation is 1. The fraction of sp³-hybridized carbons (Fsp3) is 0.381. The van der Waals surface area contributed by atoms with Crippen LogP contribution in [0.3, 0.4) is 0 Å². The third-order valence-corrected chi connectivity index (χ3v) is 5.77. The van der Waals surface area contributed by atoms with E-state index in [-0.39, 0.29) is 5.82 Å². The van der Waals surface area contributed by atoms with Gasteiger partial charge in [0.2, 0.25) is 4.77 Å². The van der Waals surface area contributed by atoms with Gasteiger partial charge < -0.3 is 4.57 Å². The Morgan fingerprint density at radius 2 is 2.00 bits per heavy atom. The summed E-state index contributed by atoms with van der Waals surface area (Å²) < 4.78 is 18.0. The van der Waals surface area contributed by atoms with Gasteiger partial charge in [0.1, 0.15) is 5.82 Å². The van der Waals surface area contributed by atoms with Gasteiger partial charge in [0.25, 0.3) is 0 Å². The first-order valence-electron chi connectivity index (χ1n) is 9.71. The Kier molecular flexibility index (Phi) is 5.26. The van der Waals surface area contributed by atoms with E-state index >= 15 is 0 Å². The van der Waals surface area contributed by atoms with Crippen molar-refractivity contribution < 1.29 is 4.39 Å². The Morgan fingerprint density at radius 3 is 2.75 bits per heavy atom. The summed E-state index contributed by atoms with van der Waals surface area (Å²) in [6.45, 7) is 4.30. The predicted octanol–water partition coefficient (Wildman–Crippen LogP) is 5.55. The van der Waals surface area contributed by atoms with Crippen LogP contribution in [-0.4, -0.2) is 25.7 Å². The van der Waals surface area contributed by atoms with Crippen molar-refractivity contribution in [2.45, 2.75) is 52.0 Å². The van der Waals surface area contributed by atoms with Gasteiger partial charge in [-0.3, -0.25) is 0 Å². The summed E-state index contributed by atoms with van der Waals surface area (Å²) in [5, 5.41) is 11.5. The minimum atomic E-state index is -0.321. The van der Waals surface area contributed by atoms with E-state index in [9.17, 15) is 4.39 Å². The van der Waals surface area contributed by atoms with Gasteiger partial charge in [0.05, 0.1) is 6.21 Å². The highest BCUT2D eigenvalue weighted by Gasteiger charge is 2.19. The monoisotopic (exact) mass is 397 g/mol. The molecule has 0 aliphatic heterocycles. The van der Waals surface area contributed by atoms with Gasteiger partial charge in [-0.05, 0) is 57.1 Å². The standard InChI is InChI=1S/C21H24FN5S/c1-14-11-17(15(2)26(14)19-9-4-3-5-10-19)13-23-27-20(24-25-21(27)28)16-7-6-8-18(22)12-16/h6-8,11-13,19H,3-5,9-10H2,1-2H3,(H,25,28)/b23-13-. The van der Waals surface area contributed by atoms with Crippen LogP contribution in [0.1, 0.15) is 55.1 Å². The van der Waals surface area contributed by atoms with Crippen LogP contribution in [-0.2, 0) is 0 Å². The van der Waals surface area contributed by atoms with E-state index in [1.807, 2.05) is 6.21 Å². The Hall–Kier alpha value is -2.54. The summed E-state index contributed by atoms with van der Waals surface area (Å²) in [7, 11) is 0. The van der Waals surface area contributed by atoms with Crippen LogP contribution in [0.4, 0.5) is 4.39 Å². The number of aromatic amines is 1. The maximum atomic E-state index is 13.6. The Balaban J connectivity index is 1.67. The van der Waals surface area contributed by atoms with Crippen LogP contribution in [0, 0.1) is 24.4 Å². The summed E-state index contributed by atoms with van der Waals surface area (Å²) in [6.07, 6.45) is 8.23. The van der Waals surface area contributed by atoms with Crippen LogP contribution in [0.5, 0.6) is 0 Å². The maximum absolute atomic E-state index is 13.6. The van der Waals surface area contributed by atoms with E-state index in [1.54, 1.807) is 12.1 Å². The number of nitrogens with zero attached hydrogens (tertiary/aromatic N) is 4. The zero-order valence-corrected chi connectivity index (χ0v) is 17.0. The molecule has 7 heteroatoms. The molecule has 0 atom stereocenters. The van der Waals surface area contributed by atoms with Gasteiger partial charge in [-0.25, -0.2) is 9.49 Å². The van der Waals surface area contributed by atoms with Crippen molar-refractivity contribution in [2.75, 3.05) is 0 Å². The summed E-state index contributed by atoms with van der Waals surface area (Å²) in [5.41, 5.74) is 4.16. The van der Waals surface area contributed by atoms with Gasteiger partial charge >= 0.3 is 0 Å². The lowest BCUT2D eigenvalue weighted by molar-refractivity contribution is 0.346. The number of rotatable bonds is 4. The van der Waals surface area contributed by atoms with E-state index in [4.69, 9.17) is 12.2 Å². The number of hydrogen-bond donors (Lipinski definition) is 1. The van der Waals surface area contributed by atoms with Crippen molar-refractivity contribution in [3.63, 3.8) is 0 Å². The maximum Gasteiger partial charge on any atom is 0.216 e. The van der Waals surface area contributed by atoms with Crippen molar-refractivity contribution in [1.29, 1.82) is 0 Å². The van der Waals surface area contributed by atoms with E-state index in [0.717, 1.165) is 5.56 Å². The highest BCUT2D eigenvalue weighted by molar-refractivity contribution is 7.71. The smallest absolute Gasteiger partial charge is 0.216 e. The first kappa shape index (κ1) is 18.8. The van der Waals surface area contributed by atoms with E-state index in [2.05, 4.69) is 39.8 Å². The Bertz CT molecular complexity index is 1070. The summed E-state index contributed by atoms with van der Waals surface area (Å²) in [5.74, 6) is 0.166. The molecule has 1 aliphatic rings. The van der Waals surface area contributed by atoms with Gasteiger partial charge in [-0.1, -0.05) is 31.4 Å². The lowest BCUT2D eigenvalue weighted by Crippen LogP contribution is -2.15. The van der Waals surface area contributed by atoms with Crippen LogP contribution >= 0.6 is 12.2 Å². The second-order valence-corrected chi connectivity index (χ2v) is 7.79. The predicted molar refractivity (Wildman–Crippen MR) is 112 cm³/mol. The molecule has 0 saturated heterocycles. The minimum Gasteiger partial charge on any atom is -0.345 e. The minimum absolute atomic E-state index is 0.321. The van der Waals surface area contributed by atoms with Crippen LogP contribution in [0.15, 0.2) is 35.4 Å². The molecule has 1 N–H and O–H groups in total. The number of aromatic nitrogens is 4. The number of H-pyrrole nitrogens is 1. The van der Waals surface area contributed by atoms with Crippen molar-refractivity contribution in [1.82, 2.24) is 19.4 Å². The van der Waals surface area contributed by atoms with Crippen molar-refractivity contribution in [3.8, 4) is 11.4 Å². The van der Waals surface area contributed by atoms with Crippen LogP contribution < -0.4 is 0 Å². The summed E-state index contributed by atoms with van der Waals surface area (Å²) in [4.78, 5) is 0. The average molecular weight is 398 g/mol. The zero-order valence-electron chi connectivity index (χ0n) is 16.2. The third-order valence-electron chi connectivity index (χ3n) is 5.51. The molecule has 1 fully saturated rings. The lowest BCUT2D eigenvalue weighted by atomic mass is 9.95. The number of halogens is 1.